The van der Waals surface area contributed by atoms with E-state index in [4.69, 9.17) is 0 Å². The van der Waals surface area contributed by atoms with Crippen LogP contribution in [0.3, 0.4) is 0 Å². The number of fused-ring (bicyclic) bond motifs is 1. The summed E-state index contributed by atoms with van der Waals surface area (Å²) >= 11 is 0. The Morgan fingerprint density at radius 1 is 0.967 bits per heavy atom. The van der Waals surface area contributed by atoms with Crippen molar-refractivity contribution in [1.29, 1.82) is 0 Å². The van der Waals surface area contributed by atoms with E-state index < -0.39 is 17.6 Å². The molecule has 0 saturated carbocycles. The fraction of sp³-hybridized carbons (Fsp3) is 0.364. The lowest BCUT2D eigenvalue weighted by molar-refractivity contribution is -0.138. The van der Waals surface area contributed by atoms with Crippen LogP contribution in [-0.4, -0.2) is 53.8 Å². The van der Waals surface area contributed by atoms with Crippen molar-refractivity contribution in [2.24, 2.45) is 0 Å². The summed E-state index contributed by atoms with van der Waals surface area (Å²) in [5.74, 6) is -0.706. The van der Waals surface area contributed by atoms with Gasteiger partial charge >= 0.3 is 6.18 Å². The summed E-state index contributed by atoms with van der Waals surface area (Å²) in [5.41, 5.74) is 0.660. The van der Waals surface area contributed by atoms with Gasteiger partial charge in [0.05, 0.1) is 17.2 Å². The molecule has 2 heterocycles. The number of halogens is 3. The SMILES string of the molecule is O=C1Nc2ccccc2CCC1N1CCN(C(=O)c2ccccc2C(F)(F)F)CC1. The van der Waals surface area contributed by atoms with Gasteiger partial charge in [-0.1, -0.05) is 30.3 Å². The number of para-hydroxylation sites is 1. The monoisotopic (exact) mass is 417 g/mol. The van der Waals surface area contributed by atoms with E-state index in [0.29, 0.717) is 19.5 Å². The molecule has 4 rings (SSSR count). The van der Waals surface area contributed by atoms with Crippen molar-refractivity contribution in [1.82, 2.24) is 9.80 Å². The largest absolute Gasteiger partial charge is 0.417 e. The van der Waals surface area contributed by atoms with E-state index >= 15 is 0 Å². The number of anilines is 1. The maximum atomic E-state index is 13.3. The van der Waals surface area contributed by atoms with Gasteiger partial charge in [-0.3, -0.25) is 14.5 Å². The lowest BCUT2D eigenvalue weighted by atomic mass is 10.0. The van der Waals surface area contributed by atoms with Gasteiger partial charge in [0.15, 0.2) is 0 Å². The summed E-state index contributed by atoms with van der Waals surface area (Å²) in [5, 5.41) is 2.97. The number of amides is 2. The molecule has 0 spiro atoms. The van der Waals surface area contributed by atoms with Gasteiger partial charge in [0, 0.05) is 31.9 Å². The molecule has 2 aliphatic rings. The Hall–Kier alpha value is -2.87. The van der Waals surface area contributed by atoms with E-state index in [2.05, 4.69) is 5.32 Å². The minimum Gasteiger partial charge on any atom is -0.336 e. The second kappa shape index (κ2) is 8.10. The number of nitrogens with zero attached hydrogens (tertiary/aromatic N) is 2. The van der Waals surface area contributed by atoms with E-state index in [1.807, 2.05) is 29.2 Å². The topological polar surface area (TPSA) is 52.7 Å². The first-order valence-electron chi connectivity index (χ1n) is 9.93. The number of aryl methyl sites for hydroxylation is 1. The van der Waals surface area contributed by atoms with E-state index in [1.54, 1.807) is 0 Å². The van der Waals surface area contributed by atoms with Crippen LogP contribution in [0.2, 0.25) is 0 Å². The van der Waals surface area contributed by atoms with Crippen LogP contribution in [0, 0.1) is 0 Å². The van der Waals surface area contributed by atoms with Crippen LogP contribution in [0.5, 0.6) is 0 Å². The van der Waals surface area contributed by atoms with Crippen LogP contribution < -0.4 is 5.32 Å². The summed E-state index contributed by atoms with van der Waals surface area (Å²) < 4.78 is 39.8. The third-order valence-electron chi connectivity index (χ3n) is 5.77. The van der Waals surface area contributed by atoms with Gasteiger partial charge in [-0.15, -0.1) is 0 Å². The smallest absolute Gasteiger partial charge is 0.336 e. The van der Waals surface area contributed by atoms with Gasteiger partial charge in [-0.25, -0.2) is 0 Å². The first-order chi connectivity index (χ1) is 14.3. The lowest BCUT2D eigenvalue weighted by Crippen LogP contribution is -2.54. The van der Waals surface area contributed by atoms with Gasteiger partial charge in [0.2, 0.25) is 5.91 Å². The molecule has 1 atom stereocenters. The quantitative estimate of drug-likeness (QED) is 0.815. The molecule has 2 aromatic rings. The Morgan fingerprint density at radius 3 is 2.37 bits per heavy atom. The van der Waals surface area contributed by atoms with E-state index in [0.717, 1.165) is 23.7 Å². The van der Waals surface area contributed by atoms with Crippen LogP contribution >= 0.6 is 0 Å². The minimum absolute atomic E-state index is 0.0813. The van der Waals surface area contributed by atoms with Gasteiger partial charge in [-0.05, 0) is 36.6 Å². The second-order valence-corrected chi connectivity index (χ2v) is 7.57. The molecular weight excluding hydrogens is 395 g/mol. The van der Waals surface area contributed by atoms with Crippen LogP contribution in [-0.2, 0) is 17.4 Å². The molecule has 1 unspecified atom stereocenters. The van der Waals surface area contributed by atoms with E-state index in [1.165, 1.54) is 23.1 Å². The summed E-state index contributed by atoms with van der Waals surface area (Å²) in [6.07, 6.45) is -3.16. The maximum absolute atomic E-state index is 13.3. The Bertz CT molecular complexity index is 953. The number of carbonyl (C=O) groups is 2. The first kappa shape index (κ1) is 20.4. The Labute approximate surface area is 172 Å². The van der Waals surface area contributed by atoms with Gasteiger partial charge in [-0.2, -0.15) is 13.2 Å². The van der Waals surface area contributed by atoms with Crippen molar-refractivity contribution in [2.45, 2.75) is 25.1 Å². The van der Waals surface area contributed by atoms with E-state index in [9.17, 15) is 22.8 Å². The first-order valence-corrected chi connectivity index (χ1v) is 9.93. The van der Waals surface area contributed by atoms with Crippen LogP contribution in [0.1, 0.15) is 27.9 Å². The molecule has 2 amide bonds. The number of carbonyl (C=O) groups excluding carboxylic acids is 2. The fourth-order valence-electron chi connectivity index (χ4n) is 4.17. The number of alkyl halides is 3. The summed E-state index contributed by atoms with van der Waals surface area (Å²) in [6.45, 7) is 1.44. The molecular formula is C22H22F3N3O2. The molecule has 1 fully saturated rings. The Kier molecular flexibility index (Phi) is 5.51. The van der Waals surface area contributed by atoms with Crippen molar-refractivity contribution >= 4 is 17.5 Å². The predicted molar refractivity (Wildman–Crippen MR) is 106 cm³/mol. The third-order valence-corrected chi connectivity index (χ3v) is 5.77. The number of benzene rings is 2. The standard InChI is InChI=1S/C22H22F3N3O2/c23-22(24,25)17-7-3-2-6-16(17)21(30)28-13-11-27(12-14-28)19-10-9-15-5-1-4-8-18(15)26-20(19)29/h1-8,19H,9-14H2,(H,26,29). The number of rotatable bonds is 2. The highest BCUT2D eigenvalue weighted by Crippen LogP contribution is 2.32. The van der Waals surface area contributed by atoms with Gasteiger partial charge in [0.1, 0.15) is 0 Å². The van der Waals surface area contributed by atoms with E-state index in [-0.39, 0.29) is 30.6 Å². The predicted octanol–water partition coefficient (Wildman–Crippen LogP) is 3.42. The molecule has 2 aliphatic heterocycles. The zero-order valence-electron chi connectivity index (χ0n) is 16.3. The molecule has 0 bridgehead atoms. The normalized spacial score (nSPS) is 20.3. The fourth-order valence-corrected chi connectivity index (χ4v) is 4.17. The molecule has 0 aliphatic carbocycles. The van der Waals surface area contributed by atoms with Gasteiger partial charge in [0.25, 0.3) is 5.91 Å². The van der Waals surface area contributed by atoms with Crippen molar-refractivity contribution in [3.05, 3.63) is 65.2 Å². The summed E-state index contributed by atoms with van der Waals surface area (Å²) in [4.78, 5) is 28.9. The highest BCUT2D eigenvalue weighted by atomic mass is 19.4. The lowest BCUT2D eigenvalue weighted by Gasteiger charge is -2.38. The highest BCUT2D eigenvalue weighted by molar-refractivity contribution is 5.97. The van der Waals surface area contributed by atoms with Crippen LogP contribution in [0.15, 0.2) is 48.5 Å². The van der Waals surface area contributed by atoms with Gasteiger partial charge < -0.3 is 10.2 Å². The van der Waals surface area contributed by atoms with Crippen LogP contribution in [0.4, 0.5) is 18.9 Å². The number of hydrogen-bond donors (Lipinski definition) is 1. The van der Waals surface area contributed by atoms with Crippen LogP contribution in [0.25, 0.3) is 0 Å². The molecule has 30 heavy (non-hydrogen) atoms. The number of hydrogen-bond acceptors (Lipinski definition) is 3. The molecule has 158 valence electrons. The van der Waals surface area contributed by atoms with Crippen molar-refractivity contribution in [3.8, 4) is 0 Å². The zero-order valence-corrected chi connectivity index (χ0v) is 16.3. The summed E-state index contributed by atoms with van der Waals surface area (Å²) in [7, 11) is 0. The molecule has 8 heteroatoms. The molecule has 2 aromatic carbocycles. The number of nitrogens with one attached hydrogen (secondary N) is 1. The molecule has 0 radical (unpaired) electrons. The van der Waals surface area contributed by atoms with Crippen molar-refractivity contribution in [2.75, 3.05) is 31.5 Å². The maximum Gasteiger partial charge on any atom is 0.417 e. The van der Waals surface area contributed by atoms with Crippen molar-refractivity contribution in [3.63, 3.8) is 0 Å². The molecule has 0 aromatic heterocycles. The zero-order chi connectivity index (χ0) is 21.3. The summed E-state index contributed by atoms with van der Waals surface area (Å²) in [6, 6.07) is 12.2. The minimum atomic E-state index is -4.58. The molecule has 1 saturated heterocycles. The second-order valence-electron chi connectivity index (χ2n) is 7.57. The highest BCUT2D eigenvalue weighted by Gasteiger charge is 2.37. The van der Waals surface area contributed by atoms with Crippen molar-refractivity contribution < 1.29 is 22.8 Å². The average molecular weight is 417 g/mol. The Morgan fingerprint density at radius 2 is 1.63 bits per heavy atom. The number of piperazine rings is 1. The Balaban J connectivity index is 1.42. The third kappa shape index (κ3) is 4.05. The molecule has 1 N–H and O–H groups in total. The average Bonchev–Trinajstić information content (AvgIpc) is 2.91. The molecule has 5 nitrogen and oxygen atoms in total.